The van der Waals surface area contributed by atoms with Crippen molar-refractivity contribution in [2.45, 2.75) is 6.61 Å². The molecule has 7 nitrogen and oxygen atoms in total. The Balaban J connectivity index is 1.87. The van der Waals surface area contributed by atoms with Gasteiger partial charge < -0.3 is 10.5 Å². The molecule has 0 radical (unpaired) electrons. The van der Waals surface area contributed by atoms with E-state index in [0.717, 1.165) is 16.2 Å². The second-order valence-electron chi connectivity index (χ2n) is 5.22. The van der Waals surface area contributed by atoms with E-state index in [1.807, 2.05) is 0 Å². The minimum atomic E-state index is -0.447. The van der Waals surface area contributed by atoms with Gasteiger partial charge in [0.1, 0.15) is 12.4 Å². The van der Waals surface area contributed by atoms with Crippen molar-refractivity contribution < 1.29 is 14.5 Å². The van der Waals surface area contributed by atoms with Crippen molar-refractivity contribution in [3.63, 3.8) is 0 Å². The van der Waals surface area contributed by atoms with Gasteiger partial charge in [-0.3, -0.25) is 14.9 Å². The van der Waals surface area contributed by atoms with Crippen LogP contribution in [-0.4, -0.2) is 16.0 Å². The Morgan fingerprint density at radius 2 is 2.08 bits per heavy atom. The predicted octanol–water partition coefficient (Wildman–Crippen LogP) is 3.87. The number of carbonyl (C=O) groups excluding carboxylic acids is 1. The number of hydrogen-bond donors (Lipinski definition) is 1. The van der Waals surface area contributed by atoms with Gasteiger partial charge >= 0.3 is 0 Å². The largest absolute Gasteiger partial charge is 0.488 e. The lowest BCUT2D eigenvalue weighted by molar-refractivity contribution is -0.385. The summed E-state index contributed by atoms with van der Waals surface area (Å²) in [7, 11) is 0. The van der Waals surface area contributed by atoms with Crippen molar-refractivity contribution in [3.05, 3.63) is 73.1 Å². The summed E-state index contributed by atoms with van der Waals surface area (Å²) >= 11 is 4.46. The van der Waals surface area contributed by atoms with Crippen LogP contribution in [0.4, 0.5) is 5.69 Å². The van der Waals surface area contributed by atoms with E-state index in [-0.39, 0.29) is 17.5 Å². The number of nitro groups is 1. The van der Waals surface area contributed by atoms with Crippen molar-refractivity contribution in [2.24, 2.45) is 10.7 Å². The van der Waals surface area contributed by atoms with Crippen molar-refractivity contribution in [1.29, 1.82) is 0 Å². The van der Waals surface area contributed by atoms with Gasteiger partial charge in [0, 0.05) is 16.1 Å². The zero-order valence-electron chi connectivity index (χ0n) is 13.2. The monoisotopic (exact) mass is 433 g/mol. The maximum atomic E-state index is 11.8. The molecule has 9 heteroatoms. The number of hydrogen-bond acceptors (Lipinski definition) is 6. The number of carbonyl (C=O) groups is 1. The van der Waals surface area contributed by atoms with Gasteiger partial charge in [-0.1, -0.05) is 28.1 Å². The highest BCUT2D eigenvalue weighted by atomic mass is 79.9. The molecular weight excluding hydrogens is 422 g/mol. The van der Waals surface area contributed by atoms with Crippen LogP contribution in [0.3, 0.4) is 0 Å². The number of nitrogens with zero attached hydrogens (tertiary/aromatic N) is 2. The highest BCUT2D eigenvalue weighted by Crippen LogP contribution is 2.32. The first-order valence-corrected chi connectivity index (χ1v) is 8.97. The van der Waals surface area contributed by atoms with E-state index in [0.29, 0.717) is 21.8 Å². The average molecular weight is 434 g/mol. The summed E-state index contributed by atoms with van der Waals surface area (Å²) < 4.78 is 6.58. The van der Waals surface area contributed by atoms with E-state index in [1.165, 1.54) is 6.07 Å². The van der Waals surface area contributed by atoms with Crippen LogP contribution in [0.15, 0.2) is 56.8 Å². The molecule has 2 N–H and O–H groups in total. The summed E-state index contributed by atoms with van der Waals surface area (Å²) in [6, 6.07) is 11.7. The van der Waals surface area contributed by atoms with Crippen LogP contribution in [0, 0.1) is 10.1 Å². The van der Waals surface area contributed by atoms with Gasteiger partial charge in [-0.2, -0.15) is 4.99 Å². The van der Waals surface area contributed by atoms with Crippen molar-refractivity contribution in [2.75, 3.05) is 0 Å². The zero-order valence-corrected chi connectivity index (χ0v) is 15.6. The molecule has 0 aliphatic carbocycles. The van der Waals surface area contributed by atoms with Crippen LogP contribution in [0.2, 0.25) is 0 Å². The van der Waals surface area contributed by atoms with Crippen LogP contribution in [0.5, 0.6) is 5.75 Å². The Bertz CT molecular complexity index is 959. The molecule has 3 rings (SSSR count). The maximum absolute atomic E-state index is 11.8. The van der Waals surface area contributed by atoms with Gasteiger partial charge in [-0.25, -0.2) is 0 Å². The first-order chi connectivity index (χ1) is 12.4. The standard InChI is InChI=1S/C17H12BrN3O4S/c18-12-5-6-14(11(7-12)8-15-16(22)20-17(19)26-15)25-9-10-3-1-2-4-13(10)21(23)24/h1-8H,9H2,(H2,19,20,22). The quantitative estimate of drug-likeness (QED) is 0.435. The van der Waals surface area contributed by atoms with E-state index < -0.39 is 10.8 Å². The number of benzene rings is 2. The number of ether oxygens (including phenoxy) is 1. The molecule has 0 unspecified atom stereocenters. The number of halogens is 1. The molecule has 2 aromatic rings. The Hall–Kier alpha value is -2.65. The minimum absolute atomic E-state index is 0.00721. The number of aliphatic imine (C=N–C) groups is 1. The summed E-state index contributed by atoms with van der Waals surface area (Å²) in [5.74, 6) is 0.0786. The molecule has 0 bridgehead atoms. The van der Waals surface area contributed by atoms with Gasteiger partial charge in [-0.15, -0.1) is 0 Å². The molecule has 2 aromatic carbocycles. The molecule has 1 amide bonds. The Morgan fingerprint density at radius 1 is 1.31 bits per heavy atom. The summed E-state index contributed by atoms with van der Waals surface area (Å²) in [6.07, 6.45) is 1.63. The fraction of sp³-hybridized carbons (Fsp3) is 0.0588. The van der Waals surface area contributed by atoms with Crippen LogP contribution < -0.4 is 10.5 Å². The van der Waals surface area contributed by atoms with E-state index in [9.17, 15) is 14.9 Å². The predicted molar refractivity (Wildman–Crippen MR) is 104 cm³/mol. The number of thioether (sulfide) groups is 1. The van der Waals surface area contributed by atoms with E-state index in [1.54, 1.807) is 42.5 Å². The number of nitro benzene ring substituents is 1. The van der Waals surface area contributed by atoms with Crippen LogP contribution in [-0.2, 0) is 11.4 Å². The summed E-state index contributed by atoms with van der Waals surface area (Å²) in [6.45, 7) is 0.0225. The summed E-state index contributed by atoms with van der Waals surface area (Å²) in [5, 5.41) is 11.3. The summed E-state index contributed by atoms with van der Waals surface area (Å²) in [4.78, 5) is 26.5. The zero-order chi connectivity index (χ0) is 18.7. The topological polar surface area (TPSA) is 108 Å². The number of nitrogens with two attached hydrogens (primary N) is 1. The highest BCUT2D eigenvalue weighted by Gasteiger charge is 2.20. The van der Waals surface area contributed by atoms with Crippen LogP contribution in [0.1, 0.15) is 11.1 Å². The second-order valence-corrected chi connectivity index (χ2v) is 7.20. The Labute approximate surface area is 161 Å². The fourth-order valence-electron chi connectivity index (χ4n) is 2.30. The third kappa shape index (κ3) is 4.12. The van der Waals surface area contributed by atoms with Gasteiger partial charge in [-0.05, 0) is 42.1 Å². The molecule has 0 saturated heterocycles. The average Bonchev–Trinajstić information content (AvgIpc) is 2.91. The van der Waals surface area contributed by atoms with E-state index in [2.05, 4.69) is 20.9 Å². The van der Waals surface area contributed by atoms with Crippen molar-refractivity contribution in [3.8, 4) is 5.75 Å². The first-order valence-electron chi connectivity index (χ1n) is 7.37. The van der Waals surface area contributed by atoms with Crippen LogP contribution in [0.25, 0.3) is 6.08 Å². The Morgan fingerprint density at radius 3 is 2.77 bits per heavy atom. The molecule has 26 heavy (non-hydrogen) atoms. The third-order valence-electron chi connectivity index (χ3n) is 3.47. The van der Waals surface area contributed by atoms with E-state index in [4.69, 9.17) is 10.5 Å². The SMILES string of the molecule is NC1=NC(=O)C(=Cc2cc(Br)ccc2OCc2ccccc2[N+](=O)[O-])S1. The summed E-state index contributed by atoms with van der Waals surface area (Å²) in [5.41, 5.74) is 6.65. The fourth-order valence-corrected chi connectivity index (χ4v) is 3.35. The molecule has 0 fully saturated rings. The lowest BCUT2D eigenvalue weighted by Crippen LogP contribution is -2.01. The second kappa shape index (κ2) is 7.71. The lowest BCUT2D eigenvalue weighted by Gasteiger charge is -2.10. The molecule has 1 heterocycles. The minimum Gasteiger partial charge on any atom is -0.488 e. The third-order valence-corrected chi connectivity index (χ3v) is 4.77. The molecule has 0 saturated carbocycles. The Kier molecular flexibility index (Phi) is 5.38. The highest BCUT2D eigenvalue weighted by molar-refractivity contribution is 9.10. The molecule has 1 aliphatic heterocycles. The normalized spacial score (nSPS) is 15.2. The van der Waals surface area contributed by atoms with Gasteiger partial charge in [0.2, 0.25) is 0 Å². The maximum Gasteiger partial charge on any atom is 0.286 e. The number of amidine groups is 1. The number of para-hydroxylation sites is 1. The smallest absolute Gasteiger partial charge is 0.286 e. The van der Waals surface area contributed by atoms with Gasteiger partial charge in [0.25, 0.3) is 11.6 Å². The van der Waals surface area contributed by atoms with Crippen LogP contribution >= 0.6 is 27.7 Å². The molecular formula is C17H12BrN3O4S. The molecule has 0 aromatic heterocycles. The lowest BCUT2D eigenvalue weighted by atomic mass is 10.1. The van der Waals surface area contributed by atoms with Gasteiger partial charge in [0.05, 0.1) is 15.4 Å². The number of rotatable bonds is 5. The van der Waals surface area contributed by atoms with E-state index >= 15 is 0 Å². The molecule has 0 spiro atoms. The number of amides is 1. The molecule has 132 valence electrons. The van der Waals surface area contributed by atoms with Crippen molar-refractivity contribution >= 4 is 50.5 Å². The first kappa shape index (κ1) is 18.2. The van der Waals surface area contributed by atoms with Crippen molar-refractivity contribution in [1.82, 2.24) is 0 Å². The van der Waals surface area contributed by atoms with Gasteiger partial charge in [0.15, 0.2) is 5.17 Å². The molecule has 1 aliphatic rings. The molecule has 0 atom stereocenters.